The van der Waals surface area contributed by atoms with Crippen molar-refractivity contribution in [1.29, 1.82) is 0 Å². The molecule has 0 aliphatic carbocycles. The molecule has 3 aromatic carbocycles. The van der Waals surface area contributed by atoms with Gasteiger partial charge in [-0.2, -0.15) is 0 Å². The number of nitrogens with zero attached hydrogens (tertiary/aromatic N) is 1. The summed E-state index contributed by atoms with van der Waals surface area (Å²) in [6, 6.07) is 23.7. The Hall–Kier alpha value is -2.56. The fourth-order valence-corrected chi connectivity index (χ4v) is 3.10. The molecule has 0 aliphatic rings. The van der Waals surface area contributed by atoms with Gasteiger partial charge in [0.2, 0.25) is 0 Å². The Morgan fingerprint density at radius 2 is 1.36 bits per heavy atom. The third-order valence-electron chi connectivity index (χ3n) is 4.02. The predicted octanol–water partition coefficient (Wildman–Crippen LogP) is 2.46. The molecular formula is C18H14BNO2. The van der Waals surface area contributed by atoms with E-state index in [1.54, 1.807) is 6.07 Å². The molecule has 0 aliphatic heterocycles. The summed E-state index contributed by atoms with van der Waals surface area (Å²) in [7, 11) is -1.50. The zero-order valence-corrected chi connectivity index (χ0v) is 11.8. The van der Waals surface area contributed by atoms with Gasteiger partial charge in [0.1, 0.15) is 0 Å². The van der Waals surface area contributed by atoms with Crippen molar-refractivity contribution in [3.8, 4) is 5.69 Å². The fourth-order valence-electron chi connectivity index (χ4n) is 3.10. The minimum Gasteiger partial charge on any atom is -0.423 e. The van der Waals surface area contributed by atoms with Gasteiger partial charge in [0.25, 0.3) is 0 Å². The zero-order chi connectivity index (χ0) is 15.1. The van der Waals surface area contributed by atoms with Crippen molar-refractivity contribution >= 4 is 34.4 Å². The molecule has 0 bridgehead atoms. The molecule has 106 valence electrons. The molecule has 0 saturated heterocycles. The van der Waals surface area contributed by atoms with E-state index in [1.807, 2.05) is 54.6 Å². The summed E-state index contributed by atoms with van der Waals surface area (Å²) in [4.78, 5) is 0. The van der Waals surface area contributed by atoms with Crippen LogP contribution < -0.4 is 5.46 Å². The molecule has 22 heavy (non-hydrogen) atoms. The highest BCUT2D eigenvalue weighted by molar-refractivity contribution is 6.62. The maximum Gasteiger partial charge on any atom is 0.490 e. The lowest BCUT2D eigenvalue weighted by atomic mass is 9.79. The number of benzene rings is 3. The van der Waals surface area contributed by atoms with E-state index in [4.69, 9.17) is 0 Å². The molecule has 4 aromatic rings. The topological polar surface area (TPSA) is 45.4 Å². The van der Waals surface area contributed by atoms with Gasteiger partial charge in [-0.1, -0.05) is 54.6 Å². The van der Waals surface area contributed by atoms with E-state index in [2.05, 4.69) is 16.7 Å². The monoisotopic (exact) mass is 287 g/mol. The van der Waals surface area contributed by atoms with Crippen LogP contribution in [-0.2, 0) is 0 Å². The summed E-state index contributed by atoms with van der Waals surface area (Å²) in [5.74, 6) is 0. The van der Waals surface area contributed by atoms with Crippen molar-refractivity contribution in [3.05, 3.63) is 72.8 Å². The van der Waals surface area contributed by atoms with Crippen molar-refractivity contribution in [2.75, 3.05) is 0 Å². The summed E-state index contributed by atoms with van der Waals surface area (Å²) in [5.41, 5.74) is 3.40. The summed E-state index contributed by atoms with van der Waals surface area (Å²) >= 11 is 0. The Morgan fingerprint density at radius 3 is 2.14 bits per heavy atom. The molecule has 2 N–H and O–H groups in total. The van der Waals surface area contributed by atoms with Crippen LogP contribution in [0.2, 0.25) is 0 Å². The summed E-state index contributed by atoms with van der Waals surface area (Å²) in [6.07, 6.45) is 0. The second-order valence-electron chi connectivity index (χ2n) is 5.31. The minimum absolute atomic E-state index is 0.512. The van der Waals surface area contributed by atoms with Crippen molar-refractivity contribution in [2.45, 2.75) is 0 Å². The molecule has 4 heteroatoms. The summed E-state index contributed by atoms with van der Waals surface area (Å²) in [6.45, 7) is 0. The van der Waals surface area contributed by atoms with E-state index in [9.17, 15) is 10.0 Å². The van der Waals surface area contributed by atoms with Gasteiger partial charge >= 0.3 is 7.12 Å². The maximum absolute atomic E-state index is 9.76. The Labute approximate surface area is 128 Å². The third-order valence-corrected chi connectivity index (χ3v) is 4.02. The van der Waals surface area contributed by atoms with Crippen LogP contribution in [0.25, 0.3) is 27.5 Å². The molecule has 0 fully saturated rings. The highest BCUT2D eigenvalue weighted by atomic mass is 16.4. The maximum atomic E-state index is 9.76. The van der Waals surface area contributed by atoms with Crippen LogP contribution in [0.5, 0.6) is 0 Å². The SMILES string of the molecule is OB(O)c1cccc2c3ccccc3n(-c3ccccc3)c12. The van der Waals surface area contributed by atoms with Crippen LogP contribution in [0.4, 0.5) is 0 Å². The van der Waals surface area contributed by atoms with E-state index >= 15 is 0 Å². The summed E-state index contributed by atoms with van der Waals surface area (Å²) in [5, 5.41) is 21.6. The number of hydrogen-bond donors (Lipinski definition) is 2. The quantitative estimate of drug-likeness (QED) is 0.556. The van der Waals surface area contributed by atoms with Gasteiger partial charge < -0.3 is 14.6 Å². The van der Waals surface area contributed by atoms with Crippen molar-refractivity contribution < 1.29 is 10.0 Å². The Kier molecular flexibility index (Phi) is 3.00. The van der Waals surface area contributed by atoms with E-state index in [0.29, 0.717) is 5.46 Å². The normalized spacial score (nSPS) is 11.2. The van der Waals surface area contributed by atoms with Crippen molar-refractivity contribution in [3.63, 3.8) is 0 Å². The van der Waals surface area contributed by atoms with E-state index in [1.165, 1.54) is 0 Å². The van der Waals surface area contributed by atoms with Crippen LogP contribution in [0.1, 0.15) is 0 Å². The average Bonchev–Trinajstić information content (AvgIpc) is 2.90. The zero-order valence-electron chi connectivity index (χ0n) is 11.8. The first-order chi connectivity index (χ1) is 10.8. The molecule has 0 amide bonds. The minimum atomic E-state index is -1.50. The number of rotatable bonds is 2. The molecule has 0 unspecified atom stereocenters. The first-order valence-electron chi connectivity index (χ1n) is 7.21. The van der Waals surface area contributed by atoms with Crippen LogP contribution in [0.15, 0.2) is 72.8 Å². The Morgan fingerprint density at radius 1 is 0.682 bits per heavy atom. The van der Waals surface area contributed by atoms with Crippen LogP contribution in [0, 0.1) is 0 Å². The smallest absolute Gasteiger partial charge is 0.423 e. The highest BCUT2D eigenvalue weighted by Gasteiger charge is 2.20. The molecule has 0 spiro atoms. The van der Waals surface area contributed by atoms with Gasteiger partial charge in [0, 0.05) is 21.9 Å². The van der Waals surface area contributed by atoms with Gasteiger partial charge in [0.15, 0.2) is 0 Å². The molecule has 0 atom stereocenters. The molecule has 0 radical (unpaired) electrons. The Balaban J connectivity index is 2.25. The lowest BCUT2D eigenvalue weighted by Gasteiger charge is -2.10. The molecule has 0 saturated carbocycles. The Bertz CT molecular complexity index is 961. The van der Waals surface area contributed by atoms with Crippen LogP contribution in [0.3, 0.4) is 0 Å². The second-order valence-corrected chi connectivity index (χ2v) is 5.31. The second kappa shape index (κ2) is 5.02. The first-order valence-corrected chi connectivity index (χ1v) is 7.21. The molecule has 3 nitrogen and oxygen atoms in total. The fraction of sp³-hybridized carbons (Fsp3) is 0. The molecule has 4 rings (SSSR count). The number of fused-ring (bicyclic) bond motifs is 3. The molecular weight excluding hydrogens is 273 g/mol. The van der Waals surface area contributed by atoms with Gasteiger partial charge in [-0.15, -0.1) is 0 Å². The van der Waals surface area contributed by atoms with Gasteiger partial charge in [-0.3, -0.25) is 0 Å². The predicted molar refractivity (Wildman–Crippen MR) is 90.6 cm³/mol. The van der Waals surface area contributed by atoms with E-state index < -0.39 is 7.12 Å². The standard InChI is InChI=1S/C18H14BNO2/c21-19(22)16-11-6-10-15-14-9-4-5-12-17(14)20(18(15)16)13-7-2-1-3-8-13/h1-12,21-22H. The summed E-state index contributed by atoms with van der Waals surface area (Å²) < 4.78 is 2.08. The van der Waals surface area contributed by atoms with E-state index in [0.717, 1.165) is 27.5 Å². The van der Waals surface area contributed by atoms with Gasteiger partial charge in [0.05, 0.1) is 11.0 Å². The number of aromatic nitrogens is 1. The third kappa shape index (κ3) is 1.85. The number of hydrogen-bond acceptors (Lipinski definition) is 2. The molecule has 1 heterocycles. The van der Waals surface area contributed by atoms with Crippen molar-refractivity contribution in [1.82, 2.24) is 4.57 Å². The number of para-hydroxylation sites is 3. The van der Waals surface area contributed by atoms with Crippen molar-refractivity contribution in [2.24, 2.45) is 0 Å². The van der Waals surface area contributed by atoms with Gasteiger partial charge in [-0.05, 0) is 18.2 Å². The average molecular weight is 287 g/mol. The lowest BCUT2D eigenvalue weighted by molar-refractivity contribution is 0.426. The van der Waals surface area contributed by atoms with Crippen LogP contribution in [-0.4, -0.2) is 21.7 Å². The largest absolute Gasteiger partial charge is 0.490 e. The van der Waals surface area contributed by atoms with Gasteiger partial charge in [-0.25, -0.2) is 0 Å². The van der Waals surface area contributed by atoms with Crippen LogP contribution >= 0.6 is 0 Å². The highest BCUT2D eigenvalue weighted by Crippen LogP contribution is 2.30. The molecule has 1 aromatic heterocycles. The first kappa shape index (κ1) is 13.1. The van der Waals surface area contributed by atoms with E-state index in [-0.39, 0.29) is 0 Å². The lowest BCUT2D eigenvalue weighted by Crippen LogP contribution is -2.31.